The maximum atomic E-state index is 11.6. The lowest BCUT2D eigenvalue weighted by Gasteiger charge is -2.32. The molecule has 1 heterocycles. The Morgan fingerprint density at radius 1 is 1.00 bits per heavy atom. The van der Waals surface area contributed by atoms with E-state index in [1.165, 1.54) is 35.9 Å². The fourth-order valence-electron chi connectivity index (χ4n) is 3.83. The van der Waals surface area contributed by atoms with E-state index in [-0.39, 0.29) is 0 Å². The van der Waals surface area contributed by atoms with E-state index in [0.717, 1.165) is 39.0 Å². The monoisotopic (exact) mass is 400 g/mol. The van der Waals surface area contributed by atoms with Crippen LogP contribution in [0.4, 0.5) is 5.69 Å². The Hall–Kier alpha value is -1.85. The Labute approximate surface area is 169 Å². The lowest BCUT2D eigenvalue weighted by molar-refractivity contribution is 0.183. The van der Waals surface area contributed by atoms with Crippen LogP contribution < -0.4 is 5.32 Å². The fourth-order valence-corrected chi connectivity index (χ4v) is 4.46. The van der Waals surface area contributed by atoms with Gasteiger partial charge < -0.3 is 10.2 Å². The minimum absolute atomic E-state index is 0.408. The van der Waals surface area contributed by atoms with Crippen LogP contribution in [0.1, 0.15) is 30.4 Å². The minimum atomic E-state index is -3.10. The van der Waals surface area contributed by atoms with Gasteiger partial charge in [0.05, 0.1) is 4.90 Å². The van der Waals surface area contributed by atoms with Crippen molar-refractivity contribution in [3.63, 3.8) is 0 Å². The molecule has 0 bridgehead atoms. The predicted molar refractivity (Wildman–Crippen MR) is 117 cm³/mol. The highest BCUT2D eigenvalue weighted by Gasteiger charge is 2.19. The SMILES string of the molecule is Cc1ccc(NCCCN2CCC(Cc3ccc(S(C)(=O)=O)cc3)CC2)cc1. The molecule has 3 rings (SSSR count). The highest BCUT2D eigenvalue weighted by Crippen LogP contribution is 2.22. The summed E-state index contributed by atoms with van der Waals surface area (Å²) in [6.45, 7) is 6.59. The molecule has 0 atom stereocenters. The van der Waals surface area contributed by atoms with Crippen LogP contribution in [0.3, 0.4) is 0 Å². The van der Waals surface area contributed by atoms with Gasteiger partial charge in [-0.15, -0.1) is 0 Å². The Balaban J connectivity index is 1.34. The normalized spacial score (nSPS) is 16.2. The summed E-state index contributed by atoms with van der Waals surface area (Å²) in [5.41, 5.74) is 3.74. The van der Waals surface area contributed by atoms with E-state index in [1.807, 2.05) is 12.1 Å². The molecule has 0 radical (unpaired) electrons. The van der Waals surface area contributed by atoms with Crippen LogP contribution >= 0.6 is 0 Å². The third kappa shape index (κ3) is 6.35. The lowest BCUT2D eigenvalue weighted by Crippen LogP contribution is -2.35. The molecule has 0 aliphatic carbocycles. The molecule has 1 saturated heterocycles. The first-order valence-electron chi connectivity index (χ1n) is 10.2. The summed E-state index contributed by atoms with van der Waals surface area (Å²) in [5.74, 6) is 0.700. The summed E-state index contributed by atoms with van der Waals surface area (Å²) in [6.07, 6.45) is 5.91. The van der Waals surface area contributed by atoms with Gasteiger partial charge >= 0.3 is 0 Å². The van der Waals surface area contributed by atoms with Gasteiger partial charge in [0.25, 0.3) is 0 Å². The molecule has 0 amide bonds. The van der Waals surface area contributed by atoms with Gasteiger partial charge in [0.1, 0.15) is 0 Å². The third-order valence-electron chi connectivity index (χ3n) is 5.61. The van der Waals surface area contributed by atoms with E-state index in [4.69, 9.17) is 0 Å². The summed E-state index contributed by atoms with van der Waals surface area (Å²) >= 11 is 0. The molecule has 28 heavy (non-hydrogen) atoms. The summed E-state index contributed by atoms with van der Waals surface area (Å²) in [7, 11) is -3.10. The van der Waals surface area contributed by atoms with Gasteiger partial charge in [0, 0.05) is 18.5 Å². The summed E-state index contributed by atoms with van der Waals surface area (Å²) in [5, 5.41) is 3.50. The third-order valence-corrected chi connectivity index (χ3v) is 6.74. The van der Waals surface area contributed by atoms with E-state index in [1.54, 1.807) is 12.1 Å². The molecule has 2 aromatic carbocycles. The zero-order valence-corrected chi connectivity index (χ0v) is 17.8. The van der Waals surface area contributed by atoms with Crippen molar-refractivity contribution >= 4 is 15.5 Å². The molecule has 152 valence electrons. The van der Waals surface area contributed by atoms with Gasteiger partial charge in [-0.05, 0) is 88.0 Å². The Kier molecular flexibility index (Phi) is 7.13. The molecule has 1 N–H and O–H groups in total. The largest absolute Gasteiger partial charge is 0.385 e. The van der Waals surface area contributed by atoms with Gasteiger partial charge in [0.2, 0.25) is 0 Å². The van der Waals surface area contributed by atoms with E-state index in [2.05, 4.69) is 41.4 Å². The Bertz CT molecular complexity index is 837. The number of sulfone groups is 1. The Morgan fingerprint density at radius 3 is 2.25 bits per heavy atom. The van der Waals surface area contributed by atoms with Crippen molar-refractivity contribution in [2.45, 2.75) is 37.5 Å². The van der Waals surface area contributed by atoms with Crippen molar-refractivity contribution in [3.8, 4) is 0 Å². The molecular formula is C23H32N2O2S. The van der Waals surface area contributed by atoms with Crippen LogP contribution in [-0.4, -0.2) is 45.8 Å². The van der Waals surface area contributed by atoms with Crippen LogP contribution in [0.15, 0.2) is 53.4 Å². The maximum absolute atomic E-state index is 11.6. The predicted octanol–water partition coefficient (Wildman–Crippen LogP) is 4.16. The summed E-state index contributed by atoms with van der Waals surface area (Å²) in [4.78, 5) is 2.98. The van der Waals surface area contributed by atoms with Crippen LogP contribution in [0.25, 0.3) is 0 Å². The minimum Gasteiger partial charge on any atom is -0.385 e. The van der Waals surface area contributed by atoms with Crippen LogP contribution in [0, 0.1) is 12.8 Å². The van der Waals surface area contributed by atoms with Gasteiger partial charge in [-0.3, -0.25) is 0 Å². The second kappa shape index (κ2) is 9.57. The molecule has 2 aromatic rings. The van der Waals surface area contributed by atoms with Crippen LogP contribution in [-0.2, 0) is 16.3 Å². The second-order valence-corrected chi connectivity index (χ2v) is 10.1. The molecule has 1 aliphatic heterocycles. The highest BCUT2D eigenvalue weighted by atomic mass is 32.2. The number of nitrogens with one attached hydrogen (secondary N) is 1. The molecule has 0 aromatic heterocycles. The quantitative estimate of drug-likeness (QED) is 0.676. The highest BCUT2D eigenvalue weighted by molar-refractivity contribution is 7.90. The number of hydrogen-bond donors (Lipinski definition) is 1. The topological polar surface area (TPSA) is 49.4 Å². The van der Waals surface area contributed by atoms with Crippen molar-refractivity contribution in [2.24, 2.45) is 5.92 Å². The molecule has 0 spiro atoms. The van der Waals surface area contributed by atoms with Crippen molar-refractivity contribution < 1.29 is 8.42 Å². The van der Waals surface area contributed by atoms with Crippen LogP contribution in [0.5, 0.6) is 0 Å². The number of hydrogen-bond acceptors (Lipinski definition) is 4. The number of nitrogens with zero attached hydrogens (tertiary/aromatic N) is 1. The average molecular weight is 401 g/mol. The van der Waals surface area contributed by atoms with Crippen molar-refractivity contribution in [2.75, 3.05) is 37.8 Å². The molecule has 0 unspecified atom stereocenters. The molecule has 1 aliphatic rings. The van der Waals surface area contributed by atoms with E-state index < -0.39 is 9.84 Å². The number of likely N-dealkylation sites (tertiary alicyclic amines) is 1. The molecule has 4 nitrogen and oxygen atoms in total. The van der Waals surface area contributed by atoms with Gasteiger partial charge in [-0.1, -0.05) is 29.8 Å². The summed E-state index contributed by atoms with van der Waals surface area (Å²) < 4.78 is 23.1. The first kappa shape index (κ1) is 20.9. The standard InChI is InChI=1S/C23H32N2O2S/c1-19-4-8-22(9-5-19)24-14-3-15-25-16-12-21(13-17-25)18-20-6-10-23(11-7-20)28(2,26)27/h4-11,21,24H,3,12-18H2,1-2H3. The summed E-state index contributed by atoms with van der Waals surface area (Å²) in [6, 6.07) is 16.0. The first-order chi connectivity index (χ1) is 13.4. The number of aryl methyl sites for hydroxylation is 1. The van der Waals surface area contributed by atoms with E-state index in [0.29, 0.717) is 10.8 Å². The number of anilines is 1. The molecule has 0 saturated carbocycles. The van der Waals surface area contributed by atoms with Crippen LogP contribution in [0.2, 0.25) is 0 Å². The number of piperidine rings is 1. The molecule has 1 fully saturated rings. The maximum Gasteiger partial charge on any atom is 0.175 e. The van der Waals surface area contributed by atoms with Crippen molar-refractivity contribution in [1.82, 2.24) is 4.90 Å². The average Bonchev–Trinajstić information content (AvgIpc) is 2.68. The number of benzene rings is 2. The van der Waals surface area contributed by atoms with Crippen molar-refractivity contribution in [1.29, 1.82) is 0 Å². The van der Waals surface area contributed by atoms with Gasteiger partial charge in [0.15, 0.2) is 9.84 Å². The first-order valence-corrected chi connectivity index (χ1v) is 12.1. The van der Waals surface area contributed by atoms with E-state index in [9.17, 15) is 8.42 Å². The van der Waals surface area contributed by atoms with Gasteiger partial charge in [-0.2, -0.15) is 0 Å². The molecular weight excluding hydrogens is 368 g/mol. The fraction of sp³-hybridized carbons (Fsp3) is 0.478. The van der Waals surface area contributed by atoms with Gasteiger partial charge in [-0.25, -0.2) is 8.42 Å². The van der Waals surface area contributed by atoms with Crippen molar-refractivity contribution in [3.05, 3.63) is 59.7 Å². The lowest BCUT2D eigenvalue weighted by atomic mass is 9.90. The Morgan fingerprint density at radius 2 is 1.64 bits per heavy atom. The van der Waals surface area contributed by atoms with E-state index >= 15 is 0 Å². The molecule has 5 heteroatoms. The number of rotatable bonds is 8. The zero-order chi connectivity index (χ0) is 20.0. The smallest absolute Gasteiger partial charge is 0.175 e. The second-order valence-electron chi connectivity index (χ2n) is 8.05. The zero-order valence-electron chi connectivity index (χ0n) is 17.0.